The highest BCUT2D eigenvalue weighted by Gasteiger charge is 2.39. The summed E-state index contributed by atoms with van der Waals surface area (Å²) in [5.41, 5.74) is 6.20. The third-order valence-electron chi connectivity index (χ3n) is 5.82. The highest BCUT2D eigenvalue weighted by molar-refractivity contribution is 6.05. The van der Waals surface area contributed by atoms with E-state index in [-0.39, 0.29) is 50.1 Å². The van der Waals surface area contributed by atoms with Crippen molar-refractivity contribution in [1.29, 1.82) is 0 Å². The lowest BCUT2D eigenvalue weighted by Crippen LogP contribution is -2.45. The summed E-state index contributed by atoms with van der Waals surface area (Å²) in [6, 6.07) is 5.48. The molecule has 0 radical (unpaired) electrons. The van der Waals surface area contributed by atoms with Crippen LogP contribution in [0.25, 0.3) is 0 Å². The summed E-state index contributed by atoms with van der Waals surface area (Å²) in [6.45, 7) is 4.33. The third-order valence-corrected chi connectivity index (χ3v) is 5.82. The number of nitrogens with zero attached hydrogens (tertiary/aromatic N) is 3. The Morgan fingerprint density at radius 3 is 2.65 bits per heavy atom. The van der Waals surface area contributed by atoms with Crippen molar-refractivity contribution in [2.24, 2.45) is 5.92 Å². The van der Waals surface area contributed by atoms with Crippen molar-refractivity contribution in [3.63, 3.8) is 0 Å². The van der Waals surface area contributed by atoms with Crippen LogP contribution in [-0.4, -0.2) is 55.3 Å². The maximum Gasteiger partial charge on any atom is 0.330 e. The molecule has 34 heavy (non-hydrogen) atoms. The van der Waals surface area contributed by atoms with Crippen LogP contribution in [0.1, 0.15) is 25.3 Å². The number of benzene rings is 1. The second-order valence-electron chi connectivity index (χ2n) is 8.21. The van der Waals surface area contributed by atoms with Crippen molar-refractivity contribution in [3.8, 4) is 5.75 Å². The van der Waals surface area contributed by atoms with Crippen LogP contribution >= 0.6 is 0 Å². The first-order valence-electron chi connectivity index (χ1n) is 11.1. The van der Waals surface area contributed by atoms with Crippen LogP contribution in [0.5, 0.6) is 5.75 Å². The molecule has 1 saturated heterocycles. The molecule has 1 aromatic heterocycles. The van der Waals surface area contributed by atoms with Gasteiger partial charge in [0.05, 0.1) is 25.3 Å². The highest BCUT2D eigenvalue weighted by Crippen LogP contribution is 2.35. The molecule has 0 spiro atoms. The zero-order valence-electron chi connectivity index (χ0n) is 19.9. The molecule has 1 aromatic carbocycles. The predicted octanol–water partition coefficient (Wildman–Crippen LogP) is 0.878. The van der Waals surface area contributed by atoms with Crippen molar-refractivity contribution in [1.82, 2.24) is 9.55 Å². The standard InChI is InChI=1S/C23H31N5O6/c1-5-8-27-20(24)19(21(30)25-23(27)32)26(9-10-33-3)22(31)15-12-18(29)28(13-15)16-11-14(2)6-7-17(16)34-4/h6-7,11,15H,5,8-10,12-13,24H2,1-4H3,(H,25,30,32). The Kier molecular flexibility index (Phi) is 7.77. The zero-order valence-corrected chi connectivity index (χ0v) is 19.9. The molecule has 11 nitrogen and oxygen atoms in total. The van der Waals surface area contributed by atoms with E-state index in [4.69, 9.17) is 15.2 Å². The van der Waals surface area contributed by atoms with Gasteiger partial charge in [0, 0.05) is 33.2 Å². The minimum atomic E-state index is -0.763. The monoisotopic (exact) mass is 473 g/mol. The summed E-state index contributed by atoms with van der Waals surface area (Å²) >= 11 is 0. The maximum atomic E-state index is 13.6. The molecular weight excluding hydrogens is 442 g/mol. The molecule has 1 fully saturated rings. The van der Waals surface area contributed by atoms with Crippen molar-refractivity contribution in [3.05, 3.63) is 44.6 Å². The Balaban J connectivity index is 1.99. The number of amides is 2. The van der Waals surface area contributed by atoms with Gasteiger partial charge >= 0.3 is 5.69 Å². The topological polar surface area (TPSA) is 140 Å². The van der Waals surface area contributed by atoms with Gasteiger partial charge in [-0.3, -0.25) is 23.9 Å². The van der Waals surface area contributed by atoms with Crippen LogP contribution in [0.15, 0.2) is 27.8 Å². The van der Waals surface area contributed by atoms with Gasteiger partial charge in [-0.1, -0.05) is 13.0 Å². The van der Waals surface area contributed by atoms with Crippen LogP contribution in [0.2, 0.25) is 0 Å². The Bertz CT molecular complexity index is 1190. The van der Waals surface area contributed by atoms with Crippen LogP contribution in [-0.2, 0) is 20.9 Å². The van der Waals surface area contributed by atoms with E-state index < -0.39 is 23.1 Å². The number of anilines is 3. The van der Waals surface area contributed by atoms with Crippen LogP contribution < -0.4 is 31.5 Å². The lowest BCUT2D eigenvalue weighted by Gasteiger charge is -2.27. The summed E-state index contributed by atoms with van der Waals surface area (Å²) < 4.78 is 11.8. The van der Waals surface area contributed by atoms with Gasteiger partial charge in [0.25, 0.3) is 5.56 Å². The Labute approximate surface area is 197 Å². The first-order chi connectivity index (χ1) is 16.2. The number of aromatic nitrogens is 2. The Hall–Kier alpha value is -3.60. The number of nitrogen functional groups attached to an aromatic ring is 1. The summed E-state index contributed by atoms with van der Waals surface area (Å²) in [5.74, 6) is -0.970. The first-order valence-corrected chi connectivity index (χ1v) is 11.1. The number of rotatable bonds is 9. The zero-order chi connectivity index (χ0) is 25.0. The van der Waals surface area contributed by atoms with E-state index in [2.05, 4.69) is 4.98 Å². The van der Waals surface area contributed by atoms with E-state index in [1.54, 1.807) is 6.07 Å². The fraction of sp³-hybridized carbons (Fsp3) is 0.478. The van der Waals surface area contributed by atoms with E-state index in [1.807, 2.05) is 26.0 Å². The van der Waals surface area contributed by atoms with E-state index >= 15 is 0 Å². The molecule has 1 aliphatic heterocycles. The van der Waals surface area contributed by atoms with Crippen LogP contribution in [0.3, 0.4) is 0 Å². The smallest absolute Gasteiger partial charge is 0.330 e. The average molecular weight is 474 g/mol. The van der Waals surface area contributed by atoms with Crippen molar-refractivity contribution in [2.75, 3.05) is 49.4 Å². The molecule has 1 atom stereocenters. The SMILES string of the molecule is CCCn1c(N)c(N(CCOC)C(=O)C2CC(=O)N(c3cc(C)ccc3OC)C2)c(=O)[nH]c1=O. The van der Waals surface area contributed by atoms with Gasteiger partial charge in [0.2, 0.25) is 11.8 Å². The van der Waals surface area contributed by atoms with Gasteiger partial charge in [0.15, 0.2) is 5.69 Å². The number of carbonyl (C=O) groups excluding carboxylic acids is 2. The van der Waals surface area contributed by atoms with E-state index in [0.717, 1.165) is 5.56 Å². The fourth-order valence-electron chi connectivity index (χ4n) is 4.14. The highest BCUT2D eigenvalue weighted by atomic mass is 16.5. The third kappa shape index (κ3) is 4.84. The number of hydrogen-bond acceptors (Lipinski definition) is 7. The van der Waals surface area contributed by atoms with Gasteiger partial charge in [-0.15, -0.1) is 0 Å². The molecule has 1 unspecified atom stereocenters. The van der Waals surface area contributed by atoms with Gasteiger partial charge in [-0.05, 0) is 31.0 Å². The average Bonchev–Trinajstić information content (AvgIpc) is 3.19. The van der Waals surface area contributed by atoms with Crippen molar-refractivity contribution in [2.45, 2.75) is 33.2 Å². The molecule has 11 heteroatoms. The van der Waals surface area contributed by atoms with Crippen LogP contribution in [0, 0.1) is 12.8 Å². The van der Waals surface area contributed by atoms with Crippen molar-refractivity contribution < 1.29 is 19.1 Å². The summed E-state index contributed by atoms with van der Waals surface area (Å²) in [4.78, 5) is 56.5. The molecule has 0 bridgehead atoms. The summed E-state index contributed by atoms with van der Waals surface area (Å²) in [6.07, 6.45) is 0.567. The molecule has 2 amide bonds. The molecule has 0 aliphatic carbocycles. The predicted molar refractivity (Wildman–Crippen MR) is 128 cm³/mol. The molecule has 3 N–H and O–H groups in total. The number of methoxy groups -OCH3 is 2. The van der Waals surface area contributed by atoms with Gasteiger partial charge < -0.3 is 25.0 Å². The van der Waals surface area contributed by atoms with Gasteiger partial charge in [-0.2, -0.15) is 0 Å². The molecule has 3 rings (SSSR count). The quantitative estimate of drug-likeness (QED) is 0.551. The number of H-pyrrole nitrogens is 1. The molecule has 1 aliphatic rings. The lowest BCUT2D eigenvalue weighted by molar-refractivity contribution is -0.124. The molecule has 0 saturated carbocycles. The minimum Gasteiger partial charge on any atom is -0.495 e. The molecule has 2 aromatic rings. The van der Waals surface area contributed by atoms with E-state index in [1.165, 1.54) is 28.6 Å². The second-order valence-corrected chi connectivity index (χ2v) is 8.21. The number of nitrogens with one attached hydrogen (secondary N) is 1. The van der Waals surface area contributed by atoms with E-state index in [9.17, 15) is 19.2 Å². The molecule has 184 valence electrons. The fourth-order valence-corrected chi connectivity index (χ4v) is 4.14. The Morgan fingerprint density at radius 2 is 2.00 bits per heavy atom. The molecule has 2 heterocycles. The largest absolute Gasteiger partial charge is 0.495 e. The molecular formula is C23H31N5O6. The maximum absolute atomic E-state index is 13.6. The number of ether oxygens (including phenoxy) is 2. The van der Waals surface area contributed by atoms with Crippen molar-refractivity contribution >= 4 is 29.0 Å². The first kappa shape index (κ1) is 25.0. The number of hydrogen-bond donors (Lipinski definition) is 2. The Morgan fingerprint density at radius 1 is 1.26 bits per heavy atom. The number of aromatic amines is 1. The number of carbonyl (C=O) groups is 2. The van der Waals surface area contributed by atoms with E-state index in [0.29, 0.717) is 17.9 Å². The van der Waals surface area contributed by atoms with Gasteiger partial charge in [0.1, 0.15) is 11.6 Å². The second kappa shape index (κ2) is 10.6. The lowest BCUT2D eigenvalue weighted by atomic mass is 10.1. The summed E-state index contributed by atoms with van der Waals surface area (Å²) in [5, 5.41) is 0. The number of nitrogens with two attached hydrogens (primary N) is 1. The van der Waals surface area contributed by atoms with Crippen LogP contribution in [0.4, 0.5) is 17.2 Å². The summed E-state index contributed by atoms with van der Waals surface area (Å²) in [7, 11) is 2.99. The normalized spacial score (nSPS) is 15.6. The number of aryl methyl sites for hydroxylation is 1. The van der Waals surface area contributed by atoms with Gasteiger partial charge in [-0.25, -0.2) is 4.79 Å². The minimum absolute atomic E-state index is 0.0331.